The van der Waals surface area contributed by atoms with Gasteiger partial charge in [-0.05, 0) is 41.8 Å². The molecule has 0 unspecified atom stereocenters. The van der Waals surface area contributed by atoms with Crippen LogP contribution in [0.15, 0.2) is 54.6 Å². The van der Waals surface area contributed by atoms with Crippen LogP contribution < -0.4 is 10.6 Å². The van der Waals surface area contributed by atoms with Crippen molar-refractivity contribution in [1.82, 2.24) is 15.5 Å². The average molecular weight is 380 g/mol. The zero-order valence-corrected chi connectivity index (χ0v) is 15.5. The maximum atomic E-state index is 12.9. The maximum Gasteiger partial charge on any atom is 0.251 e. The highest BCUT2D eigenvalue weighted by Crippen LogP contribution is 2.20. The van der Waals surface area contributed by atoms with E-state index in [0.29, 0.717) is 5.82 Å². The molecule has 0 fully saturated rings. The van der Waals surface area contributed by atoms with E-state index >= 15 is 0 Å². The lowest BCUT2D eigenvalue weighted by atomic mass is 10.1. The van der Waals surface area contributed by atoms with Gasteiger partial charge in [0.1, 0.15) is 5.82 Å². The van der Waals surface area contributed by atoms with Crippen molar-refractivity contribution in [2.24, 2.45) is 0 Å². The van der Waals surface area contributed by atoms with Crippen molar-refractivity contribution >= 4 is 17.6 Å². The monoisotopic (exact) mass is 380 g/mol. The van der Waals surface area contributed by atoms with Crippen LogP contribution in [0.4, 0.5) is 10.2 Å². The van der Waals surface area contributed by atoms with Gasteiger partial charge in [-0.2, -0.15) is 5.10 Å². The van der Waals surface area contributed by atoms with Gasteiger partial charge in [0.25, 0.3) is 5.91 Å². The number of aryl methyl sites for hydroxylation is 1. The number of aromatic amines is 1. The summed E-state index contributed by atoms with van der Waals surface area (Å²) in [5.74, 6) is -0.922. The highest BCUT2D eigenvalue weighted by atomic mass is 19.1. The van der Waals surface area contributed by atoms with Gasteiger partial charge >= 0.3 is 0 Å². The Labute approximate surface area is 162 Å². The van der Waals surface area contributed by atoms with Crippen molar-refractivity contribution in [3.63, 3.8) is 0 Å². The van der Waals surface area contributed by atoms with Gasteiger partial charge in [-0.1, -0.05) is 37.6 Å². The summed E-state index contributed by atoms with van der Waals surface area (Å²) in [6, 6.07) is 15.0. The van der Waals surface area contributed by atoms with E-state index in [9.17, 15) is 14.0 Å². The van der Waals surface area contributed by atoms with Gasteiger partial charge in [-0.25, -0.2) is 4.39 Å². The lowest BCUT2D eigenvalue weighted by molar-refractivity contribution is -0.115. The number of amides is 2. The number of hydrogen-bond donors (Lipinski definition) is 3. The Morgan fingerprint density at radius 3 is 2.46 bits per heavy atom. The van der Waals surface area contributed by atoms with Gasteiger partial charge in [0.2, 0.25) is 5.91 Å². The molecule has 2 aromatic carbocycles. The SMILES string of the molecule is CCCc1ccc(-c2cc(NC(=O)CNC(=O)c3ccc(F)cc3)n[nH]2)cc1. The number of anilines is 1. The number of nitrogens with zero attached hydrogens (tertiary/aromatic N) is 1. The molecule has 0 saturated heterocycles. The van der Waals surface area contributed by atoms with Gasteiger partial charge in [0, 0.05) is 11.6 Å². The first-order chi connectivity index (χ1) is 13.5. The summed E-state index contributed by atoms with van der Waals surface area (Å²) in [6.07, 6.45) is 2.13. The number of rotatable bonds is 7. The third-order valence-electron chi connectivity index (χ3n) is 4.16. The molecule has 0 bridgehead atoms. The molecule has 3 rings (SSSR count). The summed E-state index contributed by atoms with van der Waals surface area (Å²) in [4.78, 5) is 24.0. The van der Waals surface area contributed by atoms with E-state index in [2.05, 4.69) is 39.9 Å². The van der Waals surface area contributed by atoms with Crippen LogP contribution in [-0.4, -0.2) is 28.6 Å². The lowest BCUT2D eigenvalue weighted by Gasteiger charge is -2.05. The Morgan fingerprint density at radius 2 is 1.79 bits per heavy atom. The van der Waals surface area contributed by atoms with E-state index < -0.39 is 17.6 Å². The molecule has 1 heterocycles. The van der Waals surface area contributed by atoms with E-state index in [1.165, 1.54) is 29.8 Å². The number of carbonyl (C=O) groups is 2. The standard InChI is InChI=1S/C21H21FN4O2/c1-2-3-14-4-6-15(7-5-14)18-12-19(26-25-18)24-20(27)13-23-21(28)16-8-10-17(22)11-9-16/h4-12H,2-3,13H2,1H3,(H,23,28)(H2,24,25,26,27). The van der Waals surface area contributed by atoms with Crippen molar-refractivity contribution in [1.29, 1.82) is 0 Å². The second-order valence-electron chi connectivity index (χ2n) is 6.35. The molecule has 0 saturated carbocycles. The molecule has 3 N–H and O–H groups in total. The fourth-order valence-electron chi connectivity index (χ4n) is 2.72. The predicted octanol–water partition coefficient (Wildman–Crippen LogP) is 3.54. The third-order valence-corrected chi connectivity index (χ3v) is 4.16. The van der Waals surface area contributed by atoms with Crippen molar-refractivity contribution < 1.29 is 14.0 Å². The van der Waals surface area contributed by atoms with Crippen LogP contribution in [-0.2, 0) is 11.2 Å². The number of halogens is 1. The number of nitrogens with one attached hydrogen (secondary N) is 3. The van der Waals surface area contributed by atoms with Crippen LogP contribution in [0.2, 0.25) is 0 Å². The molecule has 6 nitrogen and oxygen atoms in total. The third kappa shape index (κ3) is 5.03. The Hall–Kier alpha value is -3.48. The second kappa shape index (κ2) is 8.94. The summed E-state index contributed by atoms with van der Waals surface area (Å²) < 4.78 is 12.9. The molecule has 1 aromatic heterocycles. The molecular formula is C21H21FN4O2. The fraction of sp³-hybridized carbons (Fsp3) is 0.190. The van der Waals surface area contributed by atoms with Crippen molar-refractivity contribution in [2.45, 2.75) is 19.8 Å². The smallest absolute Gasteiger partial charge is 0.251 e. The Kier molecular flexibility index (Phi) is 6.16. The maximum absolute atomic E-state index is 12.9. The molecule has 28 heavy (non-hydrogen) atoms. The van der Waals surface area contributed by atoms with Crippen molar-refractivity contribution in [2.75, 3.05) is 11.9 Å². The van der Waals surface area contributed by atoms with E-state index in [4.69, 9.17) is 0 Å². The fourth-order valence-corrected chi connectivity index (χ4v) is 2.72. The number of hydrogen-bond acceptors (Lipinski definition) is 3. The molecular weight excluding hydrogens is 359 g/mol. The number of aromatic nitrogens is 2. The predicted molar refractivity (Wildman–Crippen MR) is 105 cm³/mol. The average Bonchev–Trinajstić information content (AvgIpc) is 3.16. The van der Waals surface area contributed by atoms with E-state index in [1.807, 2.05) is 12.1 Å². The number of H-pyrrole nitrogens is 1. The molecule has 3 aromatic rings. The zero-order chi connectivity index (χ0) is 19.9. The largest absolute Gasteiger partial charge is 0.343 e. The van der Waals surface area contributed by atoms with Crippen LogP contribution in [0.25, 0.3) is 11.3 Å². The first-order valence-electron chi connectivity index (χ1n) is 9.03. The van der Waals surface area contributed by atoms with Gasteiger partial charge < -0.3 is 10.6 Å². The second-order valence-corrected chi connectivity index (χ2v) is 6.35. The summed E-state index contributed by atoms with van der Waals surface area (Å²) >= 11 is 0. The molecule has 144 valence electrons. The van der Waals surface area contributed by atoms with Gasteiger partial charge in [0.15, 0.2) is 5.82 Å². The van der Waals surface area contributed by atoms with Gasteiger partial charge in [-0.15, -0.1) is 0 Å². The minimum Gasteiger partial charge on any atom is -0.343 e. The quantitative estimate of drug-likeness (QED) is 0.586. The van der Waals surface area contributed by atoms with Crippen LogP contribution in [0.1, 0.15) is 29.3 Å². The highest BCUT2D eigenvalue weighted by Gasteiger charge is 2.10. The molecule has 0 aliphatic rings. The molecule has 2 amide bonds. The molecule has 0 aliphatic carbocycles. The molecule has 0 radical (unpaired) electrons. The minimum absolute atomic E-state index is 0.218. The van der Waals surface area contributed by atoms with Crippen molar-refractivity contribution in [3.8, 4) is 11.3 Å². The van der Waals surface area contributed by atoms with E-state index in [0.717, 1.165) is 24.1 Å². The topological polar surface area (TPSA) is 86.9 Å². The summed E-state index contributed by atoms with van der Waals surface area (Å²) in [5.41, 5.74) is 3.31. The van der Waals surface area contributed by atoms with E-state index in [1.54, 1.807) is 6.07 Å². The first-order valence-corrected chi connectivity index (χ1v) is 9.03. The summed E-state index contributed by atoms with van der Waals surface area (Å²) in [5, 5.41) is 12.1. The summed E-state index contributed by atoms with van der Waals surface area (Å²) in [7, 11) is 0. The first kappa shape index (κ1) is 19.3. The molecule has 0 spiro atoms. The zero-order valence-electron chi connectivity index (χ0n) is 15.5. The van der Waals surface area contributed by atoms with Crippen LogP contribution in [0.5, 0.6) is 0 Å². The Bertz CT molecular complexity index is 949. The van der Waals surface area contributed by atoms with Crippen LogP contribution in [0, 0.1) is 5.82 Å². The van der Waals surface area contributed by atoms with Gasteiger partial charge in [-0.3, -0.25) is 14.7 Å². The van der Waals surface area contributed by atoms with E-state index in [-0.39, 0.29) is 12.1 Å². The Balaban J connectivity index is 1.53. The van der Waals surface area contributed by atoms with Crippen LogP contribution >= 0.6 is 0 Å². The number of carbonyl (C=O) groups excluding carboxylic acids is 2. The van der Waals surface area contributed by atoms with Gasteiger partial charge in [0.05, 0.1) is 12.2 Å². The van der Waals surface area contributed by atoms with Crippen LogP contribution in [0.3, 0.4) is 0 Å². The normalized spacial score (nSPS) is 10.5. The van der Waals surface area contributed by atoms with Crippen molar-refractivity contribution in [3.05, 3.63) is 71.5 Å². The molecule has 0 aliphatic heterocycles. The highest BCUT2D eigenvalue weighted by molar-refractivity contribution is 5.99. The molecule has 0 atom stereocenters. The lowest BCUT2D eigenvalue weighted by Crippen LogP contribution is -2.32. The molecule has 7 heteroatoms. The minimum atomic E-state index is -0.454. The number of benzene rings is 2. The summed E-state index contributed by atoms with van der Waals surface area (Å²) in [6.45, 7) is 1.92. The Morgan fingerprint density at radius 1 is 1.07 bits per heavy atom.